The predicted octanol–water partition coefficient (Wildman–Crippen LogP) is -1.71. The molecular formula is C24H28O15. The molecule has 8 N–H and O–H groups in total. The number of phenolic OH excluding ortho intramolecular Hbond substituents is 2. The first-order valence-corrected chi connectivity index (χ1v) is 12.0. The van der Waals surface area contributed by atoms with Crippen LogP contribution in [0.15, 0.2) is 25.8 Å². The molecule has 1 aromatic carbocycles. The van der Waals surface area contributed by atoms with Crippen LogP contribution < -0.4 is 10.4 Å². The third-order valence-electron chi connectivity index (χ3n) is 6.79. The van der Waals surface area contributed by atoms with Crippen molar-refractivity contribution in [2.24, 2.45) is 0 Å². The number of hydrogen-bond donors (Lipinski definition) is 8. The summed E-state index contributed by atoms with van der Waals surface area (Å²) in [6, 6.07) is 2.48. The number of aromatic hydroxyl groups is 2. The molecule has 2 aliphatic rings. The molecule has 0 amide bonds. The maximum Gasteiger partial charge on any atom is 0.347 e. The van der Waals surface area contributed by atoms with Gasteiger partial charge in [0.2, 0.25) is 17.8 Å². The van der Waals surface area contributed by atoms with Gasteiger partial charge in [0, 0.05) is 17.9 Å². The van der Waals surface area contributed by atoms with E-state index in [1.165, 1.54) is 13.0 Å². The average molecular weight is 556 g/mol. The Kier molecular flexibility index (Phi) is 7.45. The van der Waals surface area contributed by atoms with Crippen molar-refractivity contribution in [3.05, 3.63) is 28.3 Å². The Morgan fingerprint density at radius 1 is 0.949 bits per heavy atom. The minimum atomic E-state index is -1.86. The number of phenols is 2. The zero-order valence-electron chi connectivity index (χ0n) is 20.4. The summed E-state index contributed by atoms with van der Waals surface area (Å²) in [5, 5.41) is 81.6. The van der Waals surface area contributed by atoms with Gasteiger partial charge in [-0.15, -0.1) is 0 Å². The normalized spacial score (nSPS) is 33.6. The van der Waals surface area contributed by atoms with Crippen LogP contribution >= 0.6 is 0 Å². The predicted molar refractivity (Wildman–Crippen MR) is 126 cm³/mol. The van der Waals surface area contributed by atoms with Crippen LogP contribution in [-0.4, -0.2) is 109 Å². The van der Waals surface area contributed by atoms with Gasteiger partial charge < -0.3 is 68.6 Å². The van der Waals surface area contributed by atoms with E-state index < -0.39 is 91.4 Å². The Morgan fingerprint density at radius 2 is 1.67 bits per heavy atom. The van der Waals surface area contributed by atoms with E-state index in [2.05, 4.69) is 0 Å². The Morgan fingerprint density at radius 3 is 2.36 bits per heavy atom. The van der Waals surface area contributed by atoms with Crippen LogP contribution in [0.5, 0.6) is 17.2 Å². The quantitative estimate of drug-likeness (QED) is 0.158. The molecule has 0 aliphatic carbocycles. The van der Waals surface area contributed by atoms with Crippen LogP contribution in [0.3, 0.4) is 0 Å². The topological polar surface area (TPSA) is 242 Å². The van der Waals surface area contributed by atoms with Crippen LogP contribution in [0.2, 0.25) is 0 Å². The van der Waals surface area contributed by atoms with Gasteiger partial charge in [-0.2, -0.15) is 0 Å². The third-order valence-corrected chi connectivity index (χ3v) is 6.79. The summed E-state index contributed by atoms with van der Waals surface area (Å²) < 4.78 is 33.0. The van der Waals surface area contributed by atoms with Crippen LogP contribution in [0.4, 0.5) is 0 Å². The molecule has 2 aromatic heterocycles. The second kappa shape index (κ2) is 10.5. The van der Waals surface area contributed by atoms with E-state index in [4.69, 9.17) is 27.8 Å². The number of fused-ring (bicyclic) bond motifs is 3. The molecule has 9 unspecified atom stereocenters. The lowest BCUT2D eigenvalue weighted by Crippen LogP contribution is -2.62. The molecule has 3 aromatic rings. The molecule has 214 valence electrons. The fourth-order valence-electron chi connectivity index (χ4n) is 4.79. The van der Waals surface area contributed by atoms with Gasteiger partial charge >= 0.3 is 5.63 Å². The molecule has 0 spiro atoms. The van der Waals surface area contributed by atoms with Crippen LogP contribution in [0, 0.1) is 6.92 Å². The Bertz CT molecular complexity index is 1400. The van der Waals surface area contributed by atoms with Gasteiger partial charge in [-0.25, -0.2) is 4.79 Å². The molecule has 15 nitrogen and oxygen atoms in total. The highest BCUT2D eigenvalue weighted by atomic mass is 16.7. The van der Waals surface area contributed by atoms with Crippen LogP contribution in [0.1, 0.15) is 12.2 Å². The van der Waals surface area contributed by atoms with E-state index in [1.54, 1.807) is 0 Å². The van der Waals surface area contributed by atoms with E-state index in [-0.39, 0.29) is 34.1 Å². The van der Waals surface area contributed by atoms with Gasteiger partial charge in [0.1, 0.15) is 53.4 Å². The highest BCUT2D eigenvalue weighted by molar-refractivity contribution is 6.07. The molecule has 9 atom stereocenters. The molecule has 2 saturated heterocycles. The van der Waals surface area contributed by atoms with Gasteiger partial charge in [-0.05, 0) is 13.0 Å². The van der Waals surface area contributed by atoms with Crippen molar-refractivity contribution in [2.75, 3.05) is 13.2 Å². The maximum absolute atomic E-state index is 12.4. The lowest BCUT2D eigenvalue weighted by atomic mass is 9.98. The second-order valence-electron chi connectivity index (χ2n) is 9.44. The third kappa shape index (κ3) is 4.82. The number of hydrogen-bond acceptors (Lipinski definition) is 15. The van der Waals surface area contributed by atoms with E-state index in [1.807, 2.05) is 0 Å². The van der Waals surface area contributed by atoms with E-state index in [9.17, 15) is 45.6 Å². The van der Waals surface area contributed by atoms with Gasteiger partial charge in [-0.1, -0.05) is 0 Å². The van der Waals surface area contributed by atoms with E-state index in [0.717, 1.165) is 6.07 Å². The number of ether oxygens (including phenoxy) is 4. The first-order chi connectivity index (χ1) is 18.5. The molecule has 0 saturated carbocycles. The van der Waals surface area contributed by atoms with Crippen molar-refractivity contribution >= 4 is 21.9 Å². The Hall–Kier alpha value is -2.99. The molecule has 0 radical (unpaired) electrons. The molecule has 4 heterocycles. The molecule has 2 fully saturated rings. The van der Waals surface area contributed by atoms with Gasteiger partial charge in [0.15, 0.2) is 17.6 Å². The fraction of sp³-hybridized carbons (Fsp3) is 0.542. The SMILES string of the molecule is Cc1cc2oc3c(OC4OC(CO)C(OC5CC(O)C(O)C(CO)O5)C(O)C4O)c(O)c(O)cc3c2c(=O)o1. The van der Waals surface area contributed by atoms with Crippen molar-refractivity contribution in [3.8, 4) is 17.2 Å². The van der Waals surface area contributed by atoms with Gasteiger partial charge in [0.25, 0.3) is 0 Å². The highest BCUT2D eigenvalue weighted by Gasteiger charge is 2.49. The Labute approximate surface area is 218 Å². The average Bonchev–Trinajstić information content (AvgIpc) is 3.25. The van der Waals surface area contributed by atoms with Crippen molar-refractivity contribution in [1.29, 1.82) is 0 Å². The number of aryl methyl sites for hydroxylation is 1. The summed E-state index contributed by atoms with van der Waals surface area (Å²) in [6.07, 6.45) is -13.5. The molecule has 5 rings (SSSR count). The summed E-state index contributed by atoms with van der Waals surface area (Å²) in [7, 11) is 0. The number of aliphatic hydroxyl groups excluding tert-OH is 6. The first kappa shape index (κ1) is 27.6. The monoisotopic (exact) mass is 556 g/mol. The zero-order chi connectivity index (χ0) is 28.2. The minimum Gasteiger partial charge on any atom is -0.504 e. The summed E-state index contributed by atoms with van der Waals surface area (Å²) in [4.78, 5) is 12.4. The molecule has 2 aliphatic heterocycles. The standard InChI is InChI=1S/C24H28O15/c1-7-2-11-15(23(33)34-7)8-3-9(27)17(30)22(20(8)36-11)39-24-19(32)18(31)21(13(6-26)37-24)38-14-4-10(28)16(29)12(5-25)35-14/h2-3,10,12-14,16,18-19,21,24-32H,4-6H2,1H3. The number of benzene rings is 1. The molecule has 39 heavy (non-hydrogen) atoms. The largest absolute Gasteiger partial charge is 0.504 e. The summed E-state index contributed by atoms with van der Waals surface area (Å²) in [5.41, 5.74) is -0.891. The first-order valence-electron chi connectivity index (χ1n) is 12.0. The van der Waals surface area contributed by atoms with Crippen LogP contribution in [0.25, 0.3) is 21.9 Å². The lowest BCUT2D eigenvalue weighted by Gasteiger charge is -2.44. The summed E-state index contributed by atoms with van der Waals surface area (Å²) in [5.74, 6) is -1.79. The lowest BCUT2D eigenvalue weighted by molar-refractivity contribution is -0.332. The number of rotatable bonds is 6. The maximum atomic E-state index is 12.4. The van der Waals surface area contributed by atoms with E-state index >= 15 is 0 Å². The van der Waals surface area contributed by atoms with Crippen molar-refractivity contribution in [1.82, 2.24) is 0 Å². The highest BCUT2D eigenvalue weighted by Crippen LogP contribution is 2.46. The molecular weight excluding hydrogens is 528 g/mol. The fourth-order valence-corrected chi connectivity index (χ4v) is 4.79. The van der Waals surface area contributed by atoms with Crippen molar-refractivity contribution in [3.63, 3.8) is 0 Å². The smallest absolute Gasteiger partial charge is 0.347 e. The summed E-state index contributed by atoms with van der Waals surface area (Å²) in [6.45, 7) is 0.143. The van der Waals surface area contributed by atoms with Gasteiger partial charge in [0.05, 0.1) is 19.3 Å². The second-order valence-corrected chi connectivity index (χ2v) is 9.44. The summed E-state index contributed by atoms with van der Waals surface area (Å²) >= 11 is 0. The number of aliphatic hydroxyl groups is 6. The molecule has 0 bridgehead atoms. The van der Waals surface area contributed by atoms with Crippen molar-refractivity contribution in [2.45, 2.75) is 68.7 Å². The van der Waals surface area contributed by atoms with Crippen molar-refractivity contribution < 1.29 is 68.6 Å². The zero-order valence-corrected chi connectivity index (χ0v) is 20.4. The molecule has 15 heteroatoms. The number of furan rings is 1. The Balaban J connectivity index is 1.43. The van der Waals surface area contributed by atoms with Gasteiger partial charge in [-0.3, -0.25) is 0 Å². The van der Waals surface area contributed by atoms with E-state index in [0.29, 0.717) is 0 Å². The van der Waals surface area contributed by atoms with Crippen LogP contribution in [-0.2, 0) is 14.2 Å². The minimum absolute atomic E-state index is 0.0310.